The fourth-order valence-electron chi connectivity index (χ4n) is 3.97. The Morgan fingerprint density at radius 3 is 2.40 bits per heavy atom. The maximum atomic E-state index is 13.6. The Balaban J connectivity index is 1.33. The van der Waals surface area contributed by atoms with Crippen molar-refractivity contribution in [1.29, 1.82) is 0 Å². The number of aromatic nitrogens is 2. The first-order chi connectivity index (χ1) is 16.8. The number of amides is 1. The van der Waals surface area contributed by atoms with Gasteiger partial charge < -0.3 is 10.2 Å². The minimum atomic E-state index is -4.55. The number of carbonyl (C=O) groups excluding carboxylic acids is 1. The number of rotatable bonds is 6. The maximum absolute atomic E-state index is 13.6. The van der Waals surface area contributed by atoms with Gasteiger partial charge in [-0.1, -0.05) is 42.0 Å². The van der Waals surface area contributed by atoms with E-state index >= 15 is 0 Å². The molecule has 1 saturated heterocycles. The minimum Gasteiger partial charge on any atom is -0.354 e. The largest absolute Gasteiger partial charge is 0.416 e. The van der Waals surface area contributed by atoms with E-state index in [0.29, 0.717) is 44.7 Å². The van der Waals surface area contributed by atoms with Gasteiger partial charge in [-0.15, -0.1) is 10.2 Å². The molecule has 1 aliphatic heterocycles. The molecule has 35 heavy (non-hydrogen) atoms. The number of piperidine rings is 1. The Morgan fingerprint density at radius 1 is 1.00 bits per heavy atom. The highest BCUT2D eigenvalue weighted by atomic mass is 19.4. The molecule has 0 bridgehead atoms. The number of alkyl halides is 3. The van der Waals surface area contributed by atoms with E-state index in [-0.39, 0.29) is 17.2 Å². The molecule has 9 heteroatoms. The van der Waals surface area contributed by atoms with Crippen molar-refractivity contribution >= 4 is 17.8 Å². The van der Waals surface area contributed by atoms with Gasteiger partial charge in [-0.25, -0.2) is 4.39 Å². The number of carbonyl (C=O) groups is 1. The second-order valence-electron chi connectivity index (χ2n) is 8.29. The van der Waals surface area contributed by atoms with Crippen LogP contribution in [0.15, 0.2) is 66.2 Å². The molecular weight excluding hydrogens is 460 g/mol. The van der Waals surface area contributed by atoms with Crippen LogP contribution in [-0.4, -0.2) is 35.7 Å². The monoisotopic (exact) mass is 484 g/mol. The molecule has 182 valence electrons. The number of hydrogen-bond acceptors (Lipinski definition) is 4. The van der Waals surface area contributed by atoms with Gasteiger partial charge in [0, 0.05) is 19.6 Å². The molecule has 1 aromatic heterocycles. The van der Waals surface area contributed by atoms with Gasteiger partial charge in [-0.2, -0.15) is 13.2 Å². The smallest absolute Gasteiger partial charge is 0.354 e. The van der Waals surface area contributed by atoms with Crippen LogP contribution in [0.5, 0.6) is 0 Å². The first kappa shape index (κ1) is 24.4. The molecule has 1 N–H and O–H groups in total. The summed E-state index contributed by atoms with van der Waals surface area (Å²) in [5, 5.41) is 11.0. The Hall–Kier alpha value is -3.75. The fraction of sp³-hybridized carbons (Fsp3) is 0.269. The summed E-state index contributed by atoms with van der Waals surface area (Å²) in [5.41, 5.74) is 1.13. The number of hydrogen-bond donors (Lipinski definition) is 1. The molecule has 4 rings (SSSR count). The Morgan fingerprint density at radius 2 is 1.74 bits per heavy atom. The highest BCUT2D eigenvalue weighted by Crippen LogP contribution is 2.34. The van der Waals surface area contributed by atoms with E-state index in [9.17, 15) is 22.4 Å². The van der Waals surface area contributed by atoms with Crippen LogP contribution in [0.2, 0.25) is 0 Å². The van der Waals surface area contributed by atoms with Gasteiger partial charge in [0.2, 0.25) is 0 Å². The Labute approximate surface area is 200 Å². The van der Waals surface area contributed by atoms with Crippen molar-refractivity contribution in [2.45, 2.75) is 25.4 Å². The molecule has 1 fully saturated rings. The number of anilines is 1. The molecule has 0 unspecified atom stereocenters. The summed E-state index contributed by atoms with van der Waals surface area (Å²) in [7, 11) is 0. The molecule has 0 aliphatic carbocycles. The molecule has 0 atom stereocenters. The molecule has 2 heterocycles. The summed E-state index contributed by atoms with van der Waals surface area (Å²) in [5.74, 6) is -0.423. The predicted octanol–water partition coefficient (Wildman–Crippen LogP) is 5.29. The molecule has 2 aromatic carbocycles. The van der Waals surface area contributed by atoms with E-state index in [2.05, 4.69) is 15.5 Å². The lowest BCUT2D eigenvalue weighted by molar-refractivity contribution is -0.137. The van der Waals surface area contributed by atoms with Crippen LogP contribution in [-0.2, 0) is 12.6 Å². The standard InChI is InChI=1S/C26H24F4N4O/c27-21-6-7-22(26(28,29)30)20(17-21)16-19-11-14-34(15-12-19)24-9-8-23(32-33-24)25(35)31-13-10-18-4-2-1-3-5-18/h1-9,16-17H,10-15H2,(H,31,35). The lowest BCUT2D eigenvalue weighted by Crippen LogP contribution is -2.32. The van der Waals surface area contributed by atoms with Crippen LogP contribution in [0.1, 0.15) is 40.0 Å². The highest BCUT2D eigenvalue weighted by molar-refractivity contribution is 5.92. The van der Waals surface area contributed by atoms with Gasteiger partial charge in [-0.3, -0.25) is 4.79 Å². The van der Waals surface area contributed by atoms with E-state index in [4.69, 9.17) is 0 Å². The van der Waals surface area contributed by atoms with Crippen molar-refractivity contribution in [3.63, 3.8) is 0 Å². The van der Waals surface area contributed by atoms with Crippen LogP contribution < -0.4 is 10.2 Å². The lowest BCUT2D eigenvalue weighted by atomic mass is 9.98. The zero-order valence-electron chi connectivity index (χ0n) is 18.9. The van der Waals surface area contributed by atoms with Crippen LogP contribution >= 0.6 is 0 Å². The van der Waals surface area contributed by atoms with E-state index in [1.807, 2.05) is 35.2 Å². The van der Waals surface area contributed by atoms with Gasteiger partial charge in [-0.05, 0) is 60.7 Å². The van der Waals surface area contributed by atoms with Crippen molar-refractivity contribution < 1.29 is 22.4 Å². The van der Waals surface area contributed by atoms with E-state index < -0.39 is 17.6 Å². The zero-order valence-corrected chi connectivity index (χ0v) is 18.9. The van der Waals surface area contributed by atoms with Crippen molar-refractivity contribution in [2.24, 2.45) is 0 Å². The Kier molecular flexibility index (Phi) is 7.43. The molecule has 3 aromatic rings. The summed E-state index contributed by atoms with van der Waals surface area (Å²) in [6.07, 6.45) is -1.39. The minimum absolute atomic E-state index is 0.164. The van der Waals surface area contributed by atoms with Crippen molar-refractivity contribution in [1.82, 2.24) is 15.5 Å². The van der Waals surface area contributed by atoms with E-state index in [1.165, 1.54) is 6.08 Å². The predicted molar refractivity (Wildman–Crippen MR) is 125 cm³/mol. The number of halogens is 4. The summed E-state index contributed by atoms with van der Waals surface area (Å²) in [4.78, 5) is 14.3. The van der Waals surface area contributed by atoms with Crippen molar-refractivity contribution in [3.8, 4) is 0 Å². The third-order valence-electron chi connectivity index (χ3n) is 5.83. The van der Waals surface area contributed by atoms with E-state index in [0.717, 1.165) is 29.3 Å². The first-order valence-electron chi connectivity index (χ1n) is 11.3. The molecule has 5 nitrogen and oxygen atoms in total. The maximum Gasteiger partial charge on any atom is 0.416 e. The van der Waals surface area contributed by atoms with Crippen molar-refractivity contribution in [3.05, 3.63) is 94.4 Å². The van der Waals surface area contributed by atoms with Crippen LogP contribution in [0.3, 0.4) is 0 Å². The van der Waals surface area contributed by atoms with Crippen LogP contribution in [0.25, 0.3) is 6.08 Å². The molecule has 0 saturated carbocycles. The van der Waals surface area contributed by atoms with E-state index in [1.54, 1.807) is 12.1 Å². The number of benzene rings is 2. The molecule has 0 radical (unpaired) electrons. The summed E-state index contributed by atoms with van der Waals surface area (Å²) in [6, 6.07) is 15.6. The summed E-state index contributed by atoms with van der Waals surface area (Å²) >= 11 is 0. The van der Waals surface area contributed by atoms with Crippen LogP contribution in [0.4, 0.5) is 23.4 Å². The zero-order chi connectivity index (χ0) is 24.8. The Bertz CT molecular complexity index is 1180. The lowest BCUT2D eigenvalue weighted by Gasteiger charge is -2.29. The van der Waals surface area contributed by atoms with Gasteiger partial charge >= 0.3 is 6.18 Å². The quantitative estimate of drug-likeness (QED) is 0.483. The number of nitrogens with one attached hydrogen (secondary N) is 1. The fourth-order valence-corrected chi connectivity index (χ4v) is 3.97. The van der Waals surface area contributed by atoms with Crippen molar-refractivity contribution in [2.75, 3.05) is 24.5 Å². The molecule has 1 amide bonds. The topological polar surface area (TPSA) is 58.1 Å². The SMILES string of the molecule is O=C(NCCc1ccccc1)c1ccc(N2CCC(=Cc3cc(F)ccc3C(F)(F)F)CC2)nn1. The highest BCUT2D eigenvalue weighted by Gasteiger charge is 2.33. The summed E-state index contributed by atoms with van der Waals surface area (Å²) < 4.78 is 53.3. The first-order valence-corrected chi connectivity index (χ1v) is 11.3. The second-order valence-corrected chi connectivity index (χ2v) is 8.29. The summed E-state index contributed by atoms with van der Waals surface area (Å²) in [6.45, 7) is 1.54. The normalized spacial score (nSPS) is 14.1. The average Bonchev–Trinajstić information content (AvgIpc) is 2.84. The molecule has 1 aliphatic rings. The number of nitrogens with zero attached hydrogens (tertiary/aromatic N) is 3. The third-order valence-corrected chi connectivity index (χ3v) is 5.83. The van der Waals surface area contributed by atoms with Gasteiger partial charge in [0.15, 0.2) is 11.5 Å². The molecule has 0 spiro atoms. The second kappa shape index (κ2) is 10.7. The third kappa shape index (κ3) is 6.44. The average molecular weight is 484 g/mol. The van der Waals surface area contributed by atoms with Gasteiger partial charge in [0.25, 0.3) is 5.91 Å². The molecular formula is C26H24F4N4O. The van der Waals surface area contributed by atoms with Gasteiger partial charge in [0.1, 0.15) is 5.82 Å². The van der Waals surface area contributed by atoms with Crippen LogP contribution in [0, 0.1) is 5.82 Å². The van der Waals surface area contributed by atoms with Gasteiger partial charge in [0.05, 0.1) is 5.56 Å².